The van der Waals surface area contributed by atoms with E-state index in [2.05, 4.69) is 10.6 Å². The van der Waals surface area contributed by atoms with Crippen LogP contribution in [0.25, 0.3) is 0 Å². The second-order valence-electron chi connectivity index (χ2n) is 8.46. The third kappa shape index (κ3) is 6.54. The molecule has 7 heteroatoms. The van der Waals surface area contributed by atoms with E-state index in [-0.39, 0.29) is 23.2 Å². The van der Waals surface area contributed by atoms with Crippen LogP contribution in [0, 0.1) is 22.0 Å². The lowest BCUT2D eigenvalue weighted by atomic mass is 10.0. The Morgan fingerprint density at radius 2 is 1.41 bits per heavy atom. The number of nitrogens with one attached hydrogen (secondary N) is 2. The highest BCUT2D eigenvalue weighted by Gasteiger charge is 2.20. The van der Waals surface area contributed by atoms with Gasteiger partial charge < -0.3 is 10.6 Å². The molecule has 3 rings (SSSR count). The Morgan fingerprint density at radius 1 is 0.897 bits per heavy atom. The average molecular weight is 402 g/mol. The van der Waals surface area contributed by atoms with Crippen molar-refractivity contribution in [3.05, 3.63) is 28.3 Å². The van der Waals surface area contributed by atoms with Crippen molar-refractivity contribution in [2.75, 3.05) is 10.6 Å². The van der Waals surface area contributed by atoms with Crippen LogP contribution in [0.1, 0.15) is 77.0 Å². The predicted octanol–water partition coefficient (Wildman–Crippen LogP) is 5.41. The SMILES string of the molecule is O=C(CCC1CCCC1)Nc1ccc([N+](=O)[O-])c(NC(=O)CCC2CCCC2)c1. The fraction of sp³-hybridized carbons (Fsp3) is 0.636. The van der Waals surface area contributed by atoms with Gasteiger partial charge in [0.2, 0.25) is 11.8 Å². The smallest absolute Gasteiger partial charge is 0.292 e. The van der Waals surface area contributed by atoms with E-state index < -0.39 is 4.92 Å². The number of anilines is 2. The van der Waals surface area contributed by atoms with Gasteiger partial charge in [0.25, 0.3) is 5.69 Å². The van der Waals surface area contributed by atoms with Gasteiger partial charge >= 0.3 is 0 Å². The predicted molar refractivity (Wildman–Crippen MR) is 113 cm³/mol. The summed E-state index contributed by atoms with van der Waals surface area (Å²) in [7, 11) is 0. The molecular formula is C22H31N3O4. The van der Waals surface area contributed by atoms with Gasteiger partial charge in [-0.3, -0.25) is 19.7 Å². The zero-order valence-electron chi connectivity index (χ0n) is 17.0. The van der Waals surface area contributed by atoms with Gasteiger partial charge in [0.15, 0.2) is 0 Å². The highest BCUT2D eigenvalue weighted by molar-refractivity contribution is 5.96. The number of rotatable bonds is 9. The largest absolute Gasteiger partial charge is 0.326 e. The number of hydrogen-bond acceptors (Lipinski definition) is 4. The number of nitrogens with zero attached hydrogens (tertiary/aromatic N) is 1. The fourth-order valence-electron chi connectivity index (χ4n) is 4.58. The minimum Gasteiger partial charge on any atom is -0.326 e. The lowest BCUT2D eigenvalue weighted by Crippen LogP contribution is -2.15. The molecule has 2 N–H and O–H groups in total. The Bertz CT molecular complexity index is 738. The van der Waals surface area contributed by atoms with E-state index in [1.165, 1.54) is 56.7 Å². The topological polar surface area (TPSA) is 101 Å². The summed E-state index contributed by atoms with van der Waals surface area (Å²) in [5.41, 5.74) is 0.446. The Kier molecular flexibility index (Phi) is 7.61. The van der Waals surface area contributed by atoms with Crippen molar-refractivity contribution in [2.24, 2.45) is 11.8 Å². The van der Waals surface area contributed by atoms with Crippen LogP contribution in [0.2, 0.25) is 0 Å². The molecule has 158 valence electrons. The molecule has 2 fully saturated rings. The van der Waals surface area contributed by atoms with Crippen molar-refractivity contribution in [2.45, 2.75) is 77.0 Å². The van der Waals surface area contributed by atoms with E-state index in [1.54, 1.807) is 0 Å². The van der Waals surface area contributed by atoms with Crippen LogP contribution in [-0.4, -0.2) is 16.7 Å². The summed E-state index contributed by atoms with van der Waals surface area (Å²) in [5, 5.41) is 16.8. The summed E-state index contributed by atoms with van der Waals surface area (Å²) in [4.78, 5) is 35.3. The Hall–Kier alpha value is -2.44. The summed E-state index contributed by atoms with van der Waals surface area (Å²) in [5.74, 6) is 0.905. The number of hydrogen-bond donors (Lipinski definition) is 2. The maximum absolute atomic E-state index is 12.3. The van der Waals surface area contributed by atoms with Gasteiger partial charge in [0.1, 0.15) is 5.69 Å². The molecule has 0 unspecified atom stereocenters. The molecule has 1 aromatic rings. The molecule has 0 spiro atoms. The summed E-state index contributed by atoms with van der Waals surface area (Å²) in [6.45, 7) is 0. The van der Waals surface area contributed by atoms with E-state index in [0.717, 1.165) is 25.7 Å². The lowest BCUT2D eigenvalue weighted by Gasteiger charge is -2.12. The van der Waals surface area contributed by atoms with Gasteiger partial charge in [-0.05, 0) is 36.8 Å². The Labute approximate surface area is 171 Å². The molecule has 2 aliphatic carbocycles. The molecule has 29 heavy (non-hydrogen) atoms. The van der Waals surface area contributed by atoms with Crippen LogP contribution in [-0.2, 0) is 9.59 Å². The third-order valence-electron chi connectivity index (χ3n) is 6.26. The molecule has 0 radical (unpaired) electrons. The standard InChI is InChI=1S/C22H31N3O4/c26-21(13-9-16-5-1-2-6-16)23-18-11-12-20(25(28)29)19(15-18)24-22(27)14-10-17-7-3-4-8-17/h11-12,15-17H,1-10,13-14H2,(H,23,26)(H,24,27). The van der Waals surface area contributed by atoms with Crippen LogP contribution < -0.4 is 10.6 Å². The minimum atomic E-state index is -0.516. The second kappa shape index (κ2) is 10.4. The first-order valence-corrected chi connectivity index (χ1v) is 10.9. The Morgan fingerprint density at radius 3 is 1.93 bits per heavy atom. The Balaban J connectivity index is 1.56. The van der Waals surface area contributed by atoms with Crippen molar-refractivity contribution in [3.63, 3.8) is 0 Å². The first-order valence-electron chi connectivity index (χ1n) is 10.9. The third-order valence-corrected chi connectivity index (χ3v) is 6.26. The molecule has 0 bridgehead atoms. The number of benzene rings is 1. The van der Waals surface area contributed by atoms with Gasteiger partial charge in [0, 0.05) is 24.6 Å². The van der Waals surface area contributed by atoms with Crippen LogP contribution in [0.5, 0.6) is 0 Å². The molecule has 1 aromatic carbocycles. The molecule has 0 aromatic heterocycles. The fourth-order valence-corrected chi connectivity index (χ4v) is 4.58. The van der Waals surface area contributed by atoms with E-state index in [4.69, 9.17) is 0 Å². The molecule has 2 aliphatic rings. The van der Waals surface area contributed by atoms with E-state index >= 15 is 0 Å². The first kappa shape index (κ1) is 21.3. The molecule has 0 atom stereocenters. The van der Waals surface area contributed by atoms with Gasteiger partial charge in [-0.1, -0.05) is 51.4 Å². The van der Waals surface area contributed by atoms with Crippen molar-refractivity contribution >= 4 is 28.9 Å². The number of nitro groups is 1. The number of nitro benzene ring substituents is 1. The van der Waals surface area contributed by atoms with Crippen molar-refractivity contribution < 1.29 is 14.5 Å². The summed E-state index contributed by atoms with van der Waals surface area (Å²) < 4.78 is 0. The molecule has 0 saturated heterocycles. The van der Waals surface area contributed by atoms with Crippen LogP contribution in [0.4, 0.5) is 17.1 Å². The van der Waals surface area contributed by atoms with Crippen LogP contribution in [0.15, 0.2) is 18.2 Å². The maximum Gasteiger partial charge on any atom is 0.292 e. The average Bonchev–Trinajstić information content (AvgIpc) is 3.38. The van der Waals surface area contributed by atoms with E-state index in [1.807, 2.05) is 0 Å². The number of amides is 2. The zero-order chi connectivity index (χ0) is 20.6. The first-order chi connectivity index (χ1) is 14.0. The number of carbonyl (C=O) groups is 2. The normalized spacial score (nSPS) is 17.4. The maximum atomic E-state index is 12.3. The van der Waals surface area contributed by atoms with Crippen molar-refractivity contribution in [1.82, 2.24) is 0 Å². The van der Waals surface area contributed by atoms with Gasteiger partial charge in [0.05, 0.1) is 4.92 Å². The van der Waals surface area contributed by atoms with E-state index in [0.29, 0.717) is 30.4 Å². The van der Waals surface area contributed by atoms with Crippen molar-refractivity contribution in [1.29, 1.82) is 0 Å². The quantitative estimate of drug-likeness (QED) is 0.426. The molecule has 2 saturated carbocycles. The van der Waals surface area contributed by atoms with Gasteiger partial charge in [-0.2, -0.15) is 0 Å². The van der Waals surface area contributed by atoms with Crippen molar-refractivity contribution in [3.8, 4) is 0 Å². The molecule has 0 aliphatic heterocycles. The zero-order valence-corrected chi connectivity index (χ0v) is 17.0. The lowest BCUT2D eigenvalue weighted by molar-refractivity contribution is -0.383. The van der Waals surface area contributed by atoms with Crippen LogP contribution in [0.3, 0.4) is 0 Å². The molecular weight excluding hydrogens is 370 g/mol. The second-order valence-corrected chi connectivity index (χ2v) is 8.46. The van der Waals surface area contributed by atoms with Gasteiger partial charge in [-0.15, -0.1) is 0 Å². The molecule has 7 nitrogen and oxygen atoms in total. The van der Waals surface area contributed by atoms with Crippen LogP contribution >= 0.6 is 0 Å². The highest BCUT2D eigenvalue weighted by atomic mass is 16.6. The molecule has 2 amide bonds. The van der Waals surface area contributed by atoms with E-state index in [9.17, 15) is 19.7 Å². The van der Waals surface area contributed by atoms with Gasteiger partial charge in [-0.25, -0.2) is 0 Å². The summed E-state index contributed by atoms with van der Waals surface area (Å²) in [6, 6.07) is 4.33. The number of carbonyl (C=O) groups excluding carboxylic acids is 2. The minimum absolute atomic E-state index is 0.0933. The summed E-state index contributed by atoms with van der Waals surface area (Å²) >= 11 is 0. The highest BCUT2D eigenvalue weighted by Crippen LogP contribution is 2.31. The monoisotopic (exact) mass is 401 g/mol. The summed E-state index contributed by atoms with van der Waals surface area (Å²) in [6.07, 6.45) is 12.2. The molecule has 0 heterocycles.